The van der Waals surface area contributed by atoms with Crippen molar-refractivity contribution in [1.82, 2.24) is 5.32 Å². The number of aryl methyl sites for hydroxylation is 1. The van der Waals surface area contributed by atoms with Crippen LogP contribution in [0.5, 0.6) is 0 Å². The van der Waals surface area contributed by atoms with Crippen molar-refractivity contribution in [3.8, 4) is 0 Å². The first-order valence-electron chi connectivity index (χ1n) is 7.13. The molecule has 3 N–H and O–H groups in total. The molecule has 1 saturated carbocycles. The summed E-state index contributed by atoms with van der Waals surface area (Å²) in [5, 5.41) is 3.91. The molecule has 1 aromatic heterocycles. The van der Waals surface area contributed by atoms with E-state index < -0.39 is 5.54 Å². The lowest BCUT2D eigenvalue weighted by Gasteiger charge is -2.28. The van der Waals surface area contributed by atoms with Crippen molar-refractivity contribution < 1.29 is 9.21 Å². The van der Waals surface area contributed by atoms with Gasteiger partial charge < -0.3 is 15.5 Å². The third-order valence-electron chi connectivity index (χ3n) is 4.18. The summed E-state index contributed by atoms with van der Waals surface area (Å²) in [6.45, 7) is 2.01. The van der Waals surface area contributed by atoms with E-state index in [0.717, 1.165) is 36.6 Å². The Hall–Kier alpha value is -1.88. The molecule has 0 bridgehead atoms. The van der Waals surface area contributed by atoms with Gasteiger partial charge in [0, 0.05) is 5.39 Å². The summed E-state index contributed by atoms with van der Waals surface area (Å²) in [6, 6.07) is 7.59. The monoisotopic (exact) mass is 302 g/mol. The van der Waals surface area contributed by atoms with Crippen molar-refractivity contribution in [2.75, 3.05) is 0 Å². The number of carbonyl (C=O) groups excluding carboxylic acids is 1. The lowest BCUT2D eigenvalue weighted by atomic mass is 9.97. The average Bonchev–Trinajstić information content (AvgIpc) is 3.05. The molecule has 0 atom stereocenters. The number of thiocarbonyl (C=S) groups is 1. The molecule has 0 spiro atoms. The van der Waals surface area contributed by atoms with Crippen LogP contribution in [0.3, 0.4) is 0 Å². The SMILES string of the molecule is Cc1ccc2oc(C(=O)NC3(C(N)=S)CCCC3)cc2c1. The second-order valence-corrected chi connectivity index (χ2v) is 6.20. The molecule has 1 amide bonds. The normalized spacial score (nSPS) is 17.0. The van der Waals surface area contributed by atoms with Gasteiger partial charge in [-0.05, 0) is 38.0 Å². The van der Waals surface area contributed by atoms with E-state index in [1.165, 1.54) is 0 Å². The van der Waals surface area contributed by atoms with Gasteiger partial charge in [-0.3, -0.25) is 4.79 Å². The zero-order valence-corrected chi connectivity index (χ0v) is 12.8. The molecule has 1 aliphatic carbocycles. The van der Waals surface area contributed by atoms with E-state index in [2.05, 4.69) is 5.32 Å². The minimum Gasteiger partial charge on any atom is -0.451 e. The van der Waals surface area contributed by atoms with Crippen LogP contribution < -0.4 is 11.1 Å². The Labute approximate surface area is 128 Å². The molecule has 1 fully saturated rings. The predicted octanol–water partition coefficient (Wildman–Crippen LogP) is 3.07. The third kappa shape index (κ3) is 2.53. The largest absolute Gasteiger partial charge is 0.451 e. The molecule has 0 unspecified atom stereocenters. The van der Waals surface area contributed by atoms with Crippen LogP contribution in [-0.2, 0) is 0 Å². The van der Waals surface area contributed by atoms with Crippen LogP contribution in [-0.4, -0.2) is 16.4 Å². The standard InChI is InChI=1S/C16H18N2O2S/c1-10-4-5-12-11(8-10)9-13(20-12)14(19)18-16(15(17)21)6-2-3-7-16/h4-5,8-9H,2-3,6-7H2,1H3,(H2,17,21)(H,18,19). The number of benzene rings is 1. The predicted molar refractivity (Wildman–Crippen MR) is 86.4 cm³/mol. The van der Waals surface area contributed by atoms with Gasteiger partial charge in [-0.1, -0.05) is 36.7 Å². The molecule has 4 nitrogen and oxygen atoms in total. The van der Waals surface area contributed by atoms with Crippen molar-refractivity contribution >= 4 is 34.1 Å². The second kappa shape index (κ2) is 5.15. The summed E-state index contributed by atoms with van der Waals surface area (Å²) < 4.78 is 5.62. The van der Waals surface area contributed by atoms with Gasteiger partial charge in [0.25, 0.3) is 5.91 Å². The Morgan fingerprint density at radius 3 is 2.71 bits per heavy atom. The maximum absolute atomic E-state index is 12.4. The molecule has 5 heteroatoms. The summed E-state index contributed by atoms with van der Waals surface area (Å²) in [4.78, 5) is 12.8. The van der Waals surface area contributed by atoms with Crippen LogP contribution in [0, 0.1) is 6.92 Å². The molecular formula is C16H18N2O2S. The number of nitrogens with one attached hydrogen (secondary N) is 1. The maximum atomic E-state index is 12.4. The topological polar surface area (TPSA) is 68.3 Å². The molecule has 3 rings (SSSR count). The van der Waals surface area contributed by atoms with Gasteiger partial charge in [0.05, 0.1) is 10.5 Å². The van der Waals surface area contributed by atoms with Crippen molar-refractivity contribution in [2.45, 2.75) is 38.1 Å². The summed E-state index contributed by atoms with van der Waals surface area (Å²) in [5.41, 5.74) is 7.13. The fourth-order valence-corrected chi connectivity index (χ4v) is 3.22. The van der Waals surface area contributed by atoms with Gasteiger partial charge in [-0.15, -0.1) is 0 Å². The van der Waals surface area contributed by atoms with Crippen molar-refractivity contribution in [3.05, 3.63) is 35.6 Å². The fraction of sp³-hybridized carbons (Fsp3) is 0.375. The van der Waals surface area contributed by atoms with E-state index >= 15 is 0 Å². The molecule has 21 heavy (non-hydrogen) atoms. The third-order valence-corrected chi connectivity index (χ3v) is 4.57. The number of hydrogen-bond acceptors (Lipinski definition) is 3. The van der Waals surface area contributed by atoms with E-state index in [0.29, 0.717) is 16.3 Å². The van der Waals surface area contributed by atoms with Crippen molar-refractivity contribution in [2.24, 2.45) is 5.73 Å². The highest BCUT2D eigenvalue weighted by atomic mass is 32.1. The Morgan fingerprint density at radius 2 is 2.05 bits per heavy atom. The van der Waals surface area contributed by atoms with E-state index in [9.17, 15) is 4.79 Å². The molecule has 0 saturated heterocycles. The highest BCUT2D eigenvalue weighted by Gasteiger charge is 2.38. The van der Waals surface area contributed by atoms with Gasteiger partial charge in [0.15, 0.2) is 5.76 Å². The lowest BCUT2D eigenvalue weighted by molar-refractivity contribution is 0.0898. The van der Waals surface area contributed by atoms with E-state index in [4.69, 9.17) is 22.4 Å². The molecular weight excluding hydrogens is 284 g/mol. The van der Waals surface area contributed by atoms with E-state index in [1.54, 1.807) is 6.07 Å². The Bertz CT molecular complexity index is 714. The highest BCUT2D eigenvalue weighted by molar-refractivity contribution is 7.80. The molecule has 0 aliphatic heterocycles. The number of fused-ring (bicyclic) bond motifs is 1. The van der Waals surface area contributed by atoms with Crippen LogP contribution in [0.2, 0.25) is 0 Å². The molecule has 0 radical (unpaired) electrons. The maximum Gasteiger partial charge on any atom is 0.287 e. The fourth-order valence-electron chi connectivity index (χ4n) is 2.97. The first kappa shape index (κ1) is 14.1. The summed E-state index contributed by atoms with van der Waals surface area (Å²) in [6.07, 6.45) is 3.65. The van der Waals surface area contributed by atoms with Gasteiger partial charge in [-0.2, -0.15) is 0 Å². The molecule has 1 aromatic carbocycles. The smallest absolute Gasteiger partial charge is 0.287 e. The zero-order chi connectivity index (χ0) is 15.0. The van der Waals surface area contributed by atoms with Gasteiger partial charge >= 0.3 is 0 Å². The summed E-state index contributed by atoms with van der Waals surface area (Å²) >= 11 is 5.15. The first-order valence-corrected chi connectivity index (χ1v) is 7.54. The Morgan fingerprint density at radius 1 is 1.33 bits per heavy atom. The number of nitrogens with two attached hydrogens (primary N) is 1. The molecule has 110 valence electrons. The number of carbonyl (C=O) groups is 1. The summed E-state index contributed by atoms with van der Waals surface area (Å²) in [5.74, 6) is 0.0525. The number of hydrogen-bond donors (Lipinski definition) is 2. The number of amides is 1. The number of rotatable bonds is 3. The number of furan rings is 1. The van der Waals surface area contributed by atoms with Gasteiger partial charge in [0.2, 0.25) is 0 Å². The minimum absolute atomic E-state index is 0.251. The van der Waals surface area contributed by atoms with E-state index in [-0.39, 0.29) is 5.91 Å². The van der Waals surface area contributed by atoms with Crippen molar-refractivity contribution in [1.29, 1.82) is 0 Å². The van der Waals surface area contributed by atoms with E-state index in [1.807, 2.05) is 25.1 Å². The van der Waals surface area contributed by atoms with Crippen LogP contribution in [0.4, 0.5) is 0 Å². The highest BCUT2D eigenvalue weighted by Crippen LogP contribution is 2.31. The Balaban J connectivity index is 1.88. The van der Waals surface area contributed by atoms with Crippen LogP contribution in [0.15, 0.2) is 28.7 Å². The van der Waals surface area contributed by atoms with Gasteiger partial charge in [0.1, 0.15) is 5.58 Å². The van der Waals surface area contributed by atoms with Gasteiger partial charge in [-0.25, -0.2) is 0 Å². The average molecular weight is 302 g/mol. The van der Waals surface area contributed by atoms with Crippen molar-refractivity contribution in [3.63, 3.8) is 0 Å². The summed E-state index contributed by atoms with van der Waals surface area (Å²) in [7, 11) is 0. The molecule has 1 heterocycles. The zero-order valence-electron chi connectivity index (χ0n) is 11.9. The molecule has 2 aromatic rings. The quantitative estimate of drug-likeness (QED) is 0.855. The molecule has 1 aliphatic rings. The second-order valence-electron chi connectivity index (χ2n) is 5.76. The van der Waals surface area contributed by atoms with Crippen LogP contribution >= 0.6 is 12.2 Å². The Kier molecular flexibility index (Phi) is 3.45. The first-order chi connectivity index (χ1) is 10.00. The lowest BCUT2D eigenvalue weighted by Crippen LogP contribution is -2.54. The van der Waals surface area contributed by atoms with Crippen LogP contribution in [0.25, 0.3) is 11.0 Å². The minimum atomic E-state index is -0.554. The van der Waals surface area contributed by atoms with Crippen LogP contribution in [0.1, 0.15) is 41.8 Å².